The van der Waals surface area contributed by atoms with Gasteiger partial charge in [0.25, 0.3) is 0 Å². The average Bonchev–Trinajstić information content (AvgIpc) is 3.17. The first-order valence-corrected chi connectivity index (χ1v) is 8.42. The molecular formula is C20H21N3O3. The summed E-state index contributed by atoms with van der Waals surface area (Å²) in [6, 6.07) is 15.5. The second kappa shape index (κ2) is 8.29. The Morgan fingerprint density at radius 2 is 1.92 bits per heavy atom. The van der Waals surface area contributed by atoms with Gasteiger partial charge in [0.1, 0.15) is 17.0 Å². The van der Waals surface area contributed by atoms with Crippen LogP contribution >= 0.6 is 0 Å². The molecule has 1 heterocycles. The summed E-state index contributed by atoms with van der Waals surface area (Å²) in [5.74, 6) is 0.122. The van der Waals surface area contributed by atoms with E-state index in [1.165, 1.54) is 14.2 Å². The fourth-order valence-electron chi connectivity index (χ4n) is 2.77. The van der Waals surface area contributed by atoms with E-state index in [1.54, 1.807) is 6.07 Å². The van der Waals surface area contributed by atoms with Gasteiger partial charge in [0.15, 0.2) is 0 Å². The molecule has 0 aliphatic rings. The Hall–Kier alpha value is -3.15. The molecule has 6 nitrogen and oxygen atoms in total. The lowest BCUT2D eigenvalue weighted by Gasteiger charge is -2.09. The molecule has 0 unspecified atom stereocenters. The monoisotopic (exact) mass is 351 g/mol. The highest BCUT2D eigenvalue weighted by Crippen LogP contribution is 2.22. The van der Waals surface area contributed by atoms with Crippen molar-refractivity contribution in [1.82, 2.24) is 15.0 Å². The summed E-state index contributed by atoms with van der Waals surface area (Å²) in [5, 5.41) is 8.40. The van der Waals surface area contributed by atoms with Crippen molar-refractivity contribution in [2.24, 2.45) is 0 Å². The number of benzene rings is 2. The molecule has 26 heavy (non-hydrogen) atoms. The van der Waals surface area contributed by atoms with Crippen molar-refractivity contribution in [3.63, 3.8) is 0 Å². The molecule has 0 atom stereocenters. The zero-order valence-corrected chi connectivity index (χ0v) is 14.9. The van der Waals surface area contributed by atoms with Gasteiger partial charge in [-0.2, -0.15) is 0 Å². The van der Waals surface area contributed by atoms with Crippen LogP contribution in [0.25, 0.3) is 11.3 Å². The van der Waals surface area contributed by atoms with Crippen LogP contribution in [0, 0.1) is 0 Å². The molecule has 2 aromatic carbocycles. The number of carbonyl (C=O) groups is 1. The Balaban J connectivity index is 1.62. The number of hydrogen-bond acceptors (Lipinski definition) is 5. The molecule has 0 amide bonds. The van der Waals surface area contributed by atoms with Gasteiger partial charge in [0, 0.05) is 12.1 Å². The van der Waals surface area contributed by atoms with E-state index in [4.69, 9.17) is 9.47 Å². The quantitative estimate of drug-likeness (QED) is 0.611. The number of esters is 1. The van der Waals surface area contributed by atoms with Crippen molar-refractivity contribution in [1.29, 1.82) is 0 Å². The number of aromatic nitrogens is 3. The fourth-order valence-corrected chi connectivity index (χ4v) is 2.77. The van der Waals surface area contributed by atoms with Gasteiger partial charge < -0.3 is 9.47 Å². The van der Waals surface area contributed by atoms with Gasteiger partial charge in [0.05, 0.1) is 20.4 Å². The van der Waals surface area contributed by atoms with Crippen molar-refractivity contribution in [3.8, 4) is 17.0 Å². The lowest BCUT2D eigenvalue weighted by molar-refractivity contribution is 0.0597. The Kier molecular flexibility index (Phi) is 5.63. The van der Waals surface area contributed by atoms with Crippen LogP contribution in [0.1, 0.15) is 22.3 Å². The highest BCUT2D eigenvalue weighted by Gasteiger charge is 2.13. The van der Waals surface area contributed by atoms with Crippen molar-refractivity contribution in [2.75, 3.05) is 14.2 Å². The summed E-state index contributed by atoms with van der Waals surface area (Å²) in [5.41, 5.74) is 3.41. The van der Waals surface area contributed by atoms with E-state index in [0.717, 1.165) is 36.2 Å². The third kappa shape index (κ3) is 4.08. The van der Waals surface area contributed by atoms with Gasteiger partial charge >= 0.3 is 5.97 Å². The highest BCUT2D eigenvalue weighted by molar-refractivity contribution is 5.92. The molecule has 0 aliphatic heterocycles. The smallest absolute Gasteiger partial charge is 0.341 e. The Bertz CT molecular complexity index is 875. The summed E-state index contributed by atoms with van der Waals surface area (Å²) in [4.78, 5) is 11.9. The van der Waals surface area contributed by atoms with Crippen LogP contribution < -0.4 is 4.74 Å². The number of rotatable bonds is 7. The second-order valence-corrected chi connectivity index (χ2v) is 5.86. The first-order valence-electron chi connectivity index (χ1n) is 8.42. The van der Waals surface area contributed by atoms with Crippen molar-refractivity contribution in [3.05, 3.63) is 65.9 Å². The number of methoxy groups -OCH3 is 2. The van der Waals surface area contributed by atoms with Gasteiger partial charge in [-0.25, -0.2) is 4.79 Å². The van der Waals surface area contributed by atoms with E-state index in [9.17, 15) is 4.79 Å². The first kappa shape index (κ1) is 17.7. The Morgan fingerprint density at radius 3 is 2.65 bits per heavy atom. The summed E-state index contributed by atoms with van der Waals surface area (Å²) in [6.07, 6.45) is 3.64. The van der Waals surface area contributed by atoms with Crippen LogP contribution in [0.5, 0.6) is 5.75 Å². The van der Waals surface area contributed by atoms with Gasteiger partial charge in [-0.3, -0.25) is 4.68 Å². The molecule has 0 saturated carbocycles. The van der Waals surface area contributed by atoms with E-state index < -0.39 is 5.97 Å². The number of aryl methyl sites for hydroxylation is 2. The summed E-state index contributed by atoms with van der Waals surface area (Å²) in [6.45, 7) is 0.749. The number of hydrogen-bond donors (Lipinski definition) is 0. The van der Waals surface area contributed by atoms with E-state index in [0.29, 0.717) is 11.3 Å². The maximum atomic E-state index is 11.9. The summed E-state index contributed by atoms with van der Waals surface area (Å²) in [7, 11) is 2.90. The third-order valence-corrected chi connectivity index (χ3v) is 4.13. The van der Waals surface area contributed by atoms with Crippen LogP contribution in [-0.4, -0.2) is 35.2 Å². The van der Waals surface area contributed by atoms with Gasteiger partial charge in [-0.15, -0.1) is 5.10 Å². The van der Waals surface area contributed by atoms with Gasteiger partial charge in [-0.05, 0) is 30.5 Å². The van der Waals surface area contributed by atoms with E-state index in [-0.39, 0.29) is 0 Å². The molecule has 0 bridgehead atoms. The predicted octanol–water partition coefficient (Wildman–Crippen LogP) is 3.37. The molecular weight excluding hydrogens is 330 g/mol. The van der Waals surface area contributed by atoms with Crippen LogP contribution in [0.15, 0.2) is 54.7 Å². The molecule has 0 radical (unpaired) electrons. The lowest BCUT2D eigenvalue weighted by Crippen LogP contribution is -2.06. The fraction of sp³-hybridized carbons (Fsp3) is 0.250. The molecule has 0 N–H and O–H groups in total. The first-order chi connectivity index (χ1) is 12.7. The van der Waals surface area contributed by atoms with Crippen LogP contribution in [0.4, 0.5) is 0 Å². The van der Waals surface area contributed by atoms with Crippen molar-refractivity contribution >= 4 is 5.97 Å². The lowest BCUT2D eigenvalue weighted by atomic mass is 10.1. The van der Waals surface area contributed by atoms with Gasteiger partial charge in [0.2, 0.25) is 0 Å². The van der Waals surface area contributed by atoms with Gasteiger partial charge in [-0.1, -0.05) is 41.6 Å². The minimum absolute atomic E-state index is 0.396. The minimum Gasteiger partial charge on any atom is -0.496 e. The maximum Gasteiger partial charge on any atom is 0.341 e. The molecule has 0 aliphatic carbocycles. The Labute approximate surface area is 152 Å². The zero-order chi connectivity index (χ0) is 18.4. The highest BCUT2D eigenvalue weighted by atomic mass is 16.5. The standard InChI is InChI=1S/C20H21N3O3/c1-25-19-11-10-15(13-17(19)20(24)26-2)7-6-12-23-14-18(21-22-23)16-8-4-3-5-9-16/h3-5,8-11,13-14H,6-7,12H2,1-2H3. The van der Waals surface area contributed by atoms with Crippen molar-refractivity contribution < 1.29 is 14.3 Å². The molecule has 1 aromatic heterocycles. The maximum absolute atomic E-state index is 11.9. The van der Waals surface area contributed by atoms with Crippen molar-refractivity contribution in [2.45, 2.75) is 19.4 Å². The topological polar surface area (TPSA) is 66.2 Å². The van der Waals surface area contributed by atoms with E-state index >= 15 is 0 Å². The third-order valence-electron chi connectivity index (χ3n) is 4.13. The number of ether oxygens (including phenoxy) is 2. The molecule has 3 aromatic rings. The SMILES string of the molecule is COC(=O)c1cc(CCCn2cc(-c3ccccc3)nn2)ccc1OC. The summed E-state index contributed by atoms with van der Waals surface area (Å²) >= 11 is 0. The van der Waals surface area contributed by atoms with Crippen LogP contribution in [0.3, 0.4) is 0 Å². The molecule has 0 spiro atoms. The number of carbonyl (C=O) groups excluding carboxylic acids is 1. The van der Waals surface area contributed by atoms with E-state index in [2.05, 4.69) is 10.3 Å². The second-order valence-electron chi connectivity index (χ2n) is 5.86. The van der Waals surface area contributed by atoms with Crippen LogP contribution in [-0.2, 0) is 17.7 Å². The summed E-state index contributed by atoms with van der Waals surface area (Å²) < 4.78 is 11.9. The molecule has 0 fully saturated rings. The van der Waals surface area contributed by atoms with E-state index in [1.807, 2.05) is 53.3 Å². The molecule has 0 saturated heterocycles. The normalized spacial score (nSPS) is 10.5. The molecule has 3 rings (SSSR count). The predicted molar refractivity (Wildman–Crippen MR) is 98.1 cm³/mol. The largest absolute Gasteiger partial charge is 0.496 e. The number of nitrogens with zero attached hydrogens (tertiary/aromatic N) is 3. The minimum atomic E-state index is -0.396. The molecule has 6 heteroatoms. The van der Waals surface area contributed by atoms with Crippen LogP contribution in [0.2, 0.25) is 0 Å². The zero-order valence-electron chi connectivity index (χ0n) is 14.9. The Morgan fingerprint density at radius 1 is 1.12 bits per heavy atom. The average molecular weight is 351 g/mol. The molecule has 134 valence electrons.